The number of morpholine rings is 1. The smallest absolute Gasteiger partial charge is 0.254 e. The SMILES string of the molecule is Cc1ccc(C)n1-c1ccc(C(=O)N(CCCN2CCOCC2)Cc2ccncc2)cc1. The van der Waals surface area contributed by atoms with Crippen molar-refractivity contribution in [3.05, 3.63) is 83.4 Å². The van der Waals surface area contributed by atoms with Crippen LogP contribution in [0.5, 0.6) is 0 Å². The van der Waals surface area contributed by atoms with Crippen molar-refractivity contribution in [2.75, 3.05) is 39.4 Å². The van der Waals surface area contributed by atoms with Gasteiger partial charge in [0, 0.05) is 67.8 Å². The molecule has 0 saturated carbocycles. The fourth-order valence-corrected chi connectivity index (χ4v) is 4.28. The minimum Gasteiger partial charge on any atom is -0.379 e. The minimum absolute atomic E-state index is 0.0660. The van der Waals surface area contributed by atoms with Crippen molar-refractivity contribution in [3.63, 3.8) is 0 Å². The van der Waals surface area contributed by atoms with Gasteiger partial charge in [-0.05, 0) is 74.4 Å². The molecule has 1 aromatic carbocycles. The number of rotatable bonds is 8. The van der Waals surface area contributed by atoms with Gasteiger partial charge in [0.15, 0.2) is 0 Å². The summed E-state index contributed by atoms with van der Waals surface area (Å²) in [6.45, 7) is 10.0. The molecule has 3 heterocycles. The van der Waals surface area contributed by atoms with Gasteiger partial charge in [0.2, 0.25) is 0 Å². The maximum absolute atomic E-state index is 13.4. The number of benzene rings is 1. The molecule has 0 spiro atoms. The van der Waals surface area contributed by atoms with E-state index in [1.54, 1.807) is 12.4 Å². The average Bonchev–Trinajstić information content (AvgIpc) is 3.17. The maximum Gasteiger partial charge on any atom is 0.254 e. The van der Waals surface area contributed by atoms with E-state index in [1.807, 2.05) is 41.3 Å². The number of carbonyl (C=O) groups excluding carboxylic acids is 1. The van der Waals surface area contributed by atoms with Gasteiger partial charge in [0.1, 0.15) is 0 Å². The lowest BCUT2D eigenvalue weighted by Crippen LogP contribution is -2.39. The number of carbonyl (C=O) groups is 1. The Kier molecular flexibility index (Phi) is 7.35. The van der Waals surface area contributed by atoms with Gasteiger partial charge in [0.05, 0.1) is 13.2 Å². The Morgan fingerprint density at radius 3 is 2.28 bits per heavy atom. The van der Waals surface area contributed by atoms with E-state index in [9.17, 15) is 4.79 Å². The summed E-state index contributed by atoms with van der Waals surface area (Å²) < 4.78 is 7.64. The van der Waals surface area contributed by atoms with Crippen LogP contribution in [0.15, 0.2) is 60.9 Å². The minimum atomic E-state index is 0.0660. The van der Waals surface area contributed by atoms with E-state index in [1.165, 1.54) is 11.4 Å². The molecule has 0 unspecified atom stereocenters. The Bertz CT molecular complexity index is 989. The van der Waals surface area contributed by atoms with Gasteiger partial charge >= 0.3 is 0 Å². The largest absolute Gasteiger partial charge is 0.379 e. The molecule has 1 amide bonds. The zero-order valence-electron chi connectivity index (χ0n) is 19.0. The number of aryl methyl sites for hydroxylation is 2. The first-order valence-corrected chi connectivity index (χ1v) is 11.4. The molecule has 0 N–H and O–H groups in total. The lowest BCUT2D eigenvalue weighted by molar-refractivity contribution is 0.0355. The normalized spacial score (nSPS) is 14.4. The topological polar surface area (TPSA) is 50.6 Å². The summed E-state index contributed by atoms with van der Waals surface area (Å²) in [5.41, 5.74) is 5.26. The van der Waals surface area contributed by atoms with E-state index in [2.05, 4.69) is 40.4 Å². The van der Waals surface area contributed by atoms with Crippen molar-refractivity contribution in [2.24, 2.45) is 0 Å². The monoisotopic (exact) mass is 432 g/mol. The Morgan fingerprint density at radius 1 is 0.969 bits per heavy atom. The molecule has 1 aliphatic rings. The molecule has 1 fully saturated rings. The molecule has 32 heavy (non-hydrogen) atoms. The number of hydrogen-bond acceptors (Lipinski definition) is 4. The lowest BCUT2D eigenvalue weighted by atomic mass is 10.1. The molecule has 0 atom stereocenters. The van der Waals surface area contributed by atoms with Crippen LogP contribution in [0.3, 0.4) is 0 Å². The highest BCUT2D eigenvalue weighted by atomic mass is 16.5. The van der Waals surface area contributed by atoms with Crippen molar-refractivity contribution in [1.29, 1.82) is 0 Å². The molecule has 1 saturated heterocycles. The number of hydrogen-bond donors (Lipinski definition) is 0. The van der Waals surface area contributed by atoms with Crippen LogP contribution in [0.1, 0.15) is 33.7 Å². The van der Waals surface area contributed by atoms with Crippen molar-refractivity contribution in [1.82, 2.24) is 19.4 Å². The highest BCUT2D eigenvalue weighted by molar-refractivity contribution is 5.94. The third-order valence-corrected chi connectivity index (χ3v) is 6.06. The number of aromatic nitrogens is 2. The van der Waals surface area contributed by atoms with Crippen LogP contribution in [0.25, 0.3) is 5.69 Å². The molecule has 0 aliphatic carbocycles. The van der Waals surface area contributed by atoms with Crippen LogP contribution in [-0.2, 0) is 11.3 Å². The molecule has 6 nitrogen and oxygen atoms in total. The van der Waals surface area contributed by atoms with Crippen molar-refractivity contribution in [2.45, 2.75) is 26.8 Å². The summed E-state index contributed by atoms with van der Waals surface area (Å²) in [5, 5.41) is 0. The van der Waals surface area contributed by atoms with Crippen LogP contribution in [0, 0.1) is 13.8 Å². The van der Waals surface area contributed by atoms with E-state index in [4.69, 9.17) is 4.74 Å². The van der Waals surface area contributed by atoms with Gasteiger partial charge < -0.3 is 14.2 Å². The van der Waals surface area contributed by atoms with E-state index in [0.717, 1.165) is 62.6 Å². The lowest BCUT2D eigenvalue weighted by Gasteiger charge is -2.28. The molecule has 4 rings (SSSR count). The van der Waals surface area contributed by atoms with E-state index < -0.39 is 0 Å². The van der Waals surface area contributed by atoms with Gasteiger partial charge in [-0.2, -0.15) is 0 Å². The van der Waals surface area contributed by atoms with E-state index in [-0.39, 0.29) is 5.91 Å². The van der Waals surface area contributed by atoms with Crippen molar-refractivity contribution < 1.29 is 9.53 Å². The summed E-state index contributed by atoms with van der Waals surface area (Å²) in [6.07, 6.45) is 4.50. The van der Waals surface area contributed by atoms with Gasteiger partial charge in [-0.15, -0.1) is 0 Å². The quantitative estimate of drug-likeness (QED) is 0.543. The second-order valence-corrected chi connectivity index (χ2v) is 8.39. The Balaban J connectivity index is 1.47. The number of nitrogens with zero attached hydrogens (tertiary/aromatic N) is 4. The molecule has 6 heteroatoms. The average molecular weight is 433 g/mol. The van der Waals surface area contributed by atoms with Crippen LogP contribution < -0.4 is 0 Å². The van der Waals surface area contributed by atoms with Gasteiger partial charge in [-0.25, -0.2) is 0 Å². The summed E-state index contributed by atoms with van der Waals surface area (Å²) in [4.78, 5) is 21.9. The van der Waals surface area contributed by atoms with Gasteiger partial charge in [-0.1, -0.05) is 0 Å². The van der Waals surface area contributed by atoms with E-state index in [0.29, 0.717) is 6.54 Å². The zero-order chi connectivity index (χ0) is 22.3. The molecular weight excluding hydrogens is 400 g/mol. The first-order valence-electron chi connectivity index (χ1n) is 11.4. The zero-order valence-corrected chi connectivity index (χ0v) is 19.0. The Hall–Kier alpha value is -2.96. The predicted octanol–water partition coefficient (Wildman–Crippen LogP) is 3.85. The highest BCUT2D eigenvalue weighted by Gasteiger charge is 2.18. The fraction of sp³-hybridized carbons (Fsp3) is 0.385. The predicted molar refractivity (Wildman–Crippen MR) is 126 cm³/mol. The molecule has 2 aromatic heterocycles. The standard InChI is InChI=1S/C26H32N4O2/c1-21-4-5-22(2)30(21)25-8-6-24(7-9-25)26(31)29(20-23-10-12-27-13-11-23)15-3-14-28-16-18-32-19-17-28/h4-13H,3,14-20H2,1-2H3. The summed E-state index contributed by atoms with van der Waals surface area (Å²) in [6, 6.07) is 16.1. The van der Waals surface area contributed by atoms with Crippen LogP contribution in [0.4, 0.5) is 0 Å². The molecule has 0 radical (unpaired) electrons. The number of amides is 1. The van der Waals surface area contributed by atoms with Crippen LogP contribution in [0.2, 0.25) is 0 Å². The Labute approximate surface area is 190 Å². The van der Waals surface area contributed by atoms with E-state index >= 15 is 0 Å². The highest BCUT2D eigenvalue weighted by Crippen LogP contribution is 2.18. The molecule has 0 bridgehead atoms. The van der Waals surface area contributed by atoms with Gasteiger partial charge in [0.25, 0.3) is 5.91 Å². The van der Waals surface area contributed by atoms with Crippen LogP contribution in [-0.4, -0.2) is 64.7 Å². The summed E-state index contributed by atoms with van der Waals surface area (Å²) >= 11 is 0. The second-order valence-electron chi connectivity index (χ2n) is 8.39. The van der Waals surface area contributed by atoms with Crippen LogP contribution >= 0.6 is 0 Å². The maximum atomic E-state index is 13.4. The fourth-order valence-electron chi connectivity index (χ4n) is 4.28. The summed E-state index contributed by atoms with van der Waals surface area (Å²) in [5.74, 6) is 0.0660. The second kappa shape index (κ2) is 10.6. The third-order valence-electron chi connectivity index (χ3n) is 6.06. The molecule has 168 valence electrons. The first kappa shape index (κ1) is 22.2. The Morgan fingerprint density at radius 2 is 1.62 bits per heavy atom. The van der Waals surface area contributed by atoms with Crippen molar-refractivity contribution in [3.8, 4) is 5.69 Å². The molecule has 3 aromatic rings. The molecular formula is C26H32N4O2. The number of ether oxygens (including phenoxy) is 1. The summed E-state index contributed by atoms with van der Waals surface area (Å²) in [7, 11) is 0. The van der Waals surface area contributed by atoms with Gasteiger partial charge in [-0.3, -0.25) is 14.7 Å². The van der Waals surface area contributed by atoms with Crippen molar-refractivity contribution >= 4 is 5.91 Å². The third kappa shape index (κ3) is 5.44. The molecule has 1 aliphatic heterocycles. The number of pyridine rings is 1. The first-order chi connectivity index (χ1) is 15.6.